The zero-order valence-corrected chi connectivity index (χ0v) is 16.8. The summed E-state index contributed by atoms with van der Waals surface area (Å²) in [6.07, 6.45) is 1.03. The fourth-order valence-electron chi connectivity index (χ4n) is 2.45. The summed E-state index contributed by atoms with van der Waals surface area (Å²) in [5, 5.41) is 11.9. The van der Waals surface area contributed by atoms with Gasteiger partial charge in [-0.15, -0.1) is 0 Å². The fraction of sp³-hybridized carbons (Fsp3) is 0.0526. The molecular weight excluding hydrogens is 426 g/mol. The van der Waals surface area contributed by atoms with Gasteiger partial charge in [0, 0.05) is 16.1 Å². The number of rotatable bonds is 7. The molecule has 3 aromatic rings. The summed E-state index contributed by atoms with van der Waals surface area (Å²) in [7, 11) is 0. The van der Waals surface area contributed by atoms with E-state index in [9.17, 15) is 19.7 Å². The lowest BCUT2D eigenvalue weighted by atomic mass is 10.1. The van der Waals surface area contributed by atoms with Crippen LogP contribution >= 0.6 is 11.6 Å². The Balaban J connectivity index is 1.73. The second-order valence-corrected chi connectivity index (χ2v) is 6.65. The molecule has 0 bridgehead atoms. The molecule has 0 spiro atoms. The average Bonchev–Trinajstić information content (AvgIpc) is 2.76. The van der Waals surface area contributed by atoms with Crippen molar-refractivity contribution in [2.45, 2.75) is 6.92 Å². The van der Waals surface area contributed by atoms with E-state index in [0.717, 1.165) is 11.9 Å². The highest BCUT2D eigenvalue weighted by Crippen LogP contribution is 2.27. The van der Waals surface area contributed by atoms with E-state index in [1.165, 1.54) is 12.1 Å². The third-order valence-corrected chi connectivity index (χ3v) is 4.23. The summed E-state index contributed by atoms with van der Waals surface area (Å²) < 4.78 is 0. The molecule has 0 aliphatic carbocycles. The van der Waals surface area contributed by atoms with Crippen molar-refractivity contribution in [2.24, 2.45) is 0 Å². The number of benzene rings is 2. The molecule has 1 heterocycles. The number of carbonyl (C=O) groups excluding carboxylic acids is 2. The van der Waals surface area contributed by atoms with Crippen LogP contribution in [0.15, 0.2) is 54.9 Å². The van der Waals surface area contributed by atoms with Gasteiger partial charge >= 0.3 is 5.69 Å². The molecule has 3 rings (SSSR count). The third-order valence-electron chi connectivity index (χ3n) is 3.99. The average molecular weight is 442 g/mol. The van der Waals surface area contributed by atoms with Crippen molar-refractivity contribution in [3.05, 3.63) is 86.7 Å². The molecular formula is C19H16ClN7O4. The van der Waals surface area contributed by atoms with E-state index in [0.29, 0.717) is 10.6 Å². The molecule has 0 atom stereocenters. The summed E-state index contributed by atoms with van der Waals surface area (Å²) in [5.41, 5.74) is 10.4. The molecule has 0 saturated heterocycles. The number of aromatic nitrogens is 2. The van der Waals surface area contributed by atoms with Crippen molar-refractivity contribution >= 4 is 40.7 Å². The molecule has 2 amide bonds. The van der Waals surface area contributed by atoms with E-state index in [1.54, 1.807) is 36.4 Å². The molecule has 158 valence electrons. The van der Waals surface area contributed by atoms with Crippen LogP contribution in [0.1, 0.15) is 26.3 Å². The van der Waals surface area contributed by atoms with Gasteiger partial charge in [-0.2, -0.15) is 0 Å². The zero-order chi connectivity index (χ0) is 22.4. The molecule has 11 nitrogen and oxygen atoms in total. The Bertz CT molecular complexity index is 1140. The molecule has 4 N–H and O–H groups in total. The van der Waals surface area contributed by atoms with Crippen LogP contribution in [0.25, 0.3) is 0 Å². The van der Waals surface area contributed by atoms with Crippen molar-refractivity contribution in [3.8, 4) is 0 Å². The van der Waals surface area contributed by atoms with Gasteiger partial charge < -0.3 is 0 Å². The SMILES string of the molecule is Cc1ccc(C(=O)NNc2ncnc(NNC(=O)c3cccc(Cl)c3)c2[N+](=O)[O-])cc1. The quantitative estimate of drug-likeness (QED) is 0.322. The van der Waals surface area contributed by atoms with Crippen LogP contribution in [-0.4, -0.2) is 26.7 Å². The Labute approximate surface area is 180 Å². The first-order valence-corrected chi connectivity index (χ1v) is 9.17. The van der Waals surface area contributed by atoms with Gasteiger partial charge in [-0.1, -0.05) is 35.4 Å². The van der Waals surface area contributed by atoms with Gasteiger partial charge in [0.1, 0.15) is 6.33 Å². The normalized spacial score (nSPS) is 10.1. The molecule has 0 aliphatic heterocycles. The molecule has 0 unspecified atom stereocenters. The molecule has 1 aromatic heterocycles. The number of aryl methyl sites for hydroxylation is 1. The molecule has 0 radical (unpaired) electrons. The van der Waals surface area contributed by atoms with Gasteiger partial charge in [0.2, 0.25) is 11.6 Å². The fourth-order valence-corrected chi connectivity index (χ4v) is 2.64. The first kappa shape index (κ1) is 21.5. The predicted octanol–water partition coefficient (Wildman–Crippen LogP) is 2.86. The van der Waals surface area contributed by atoms with Crippen LogP contribution in [0.2, 0.25) is 5.02 Å². The summed E-state index contributed by atoms with van der Waals surface area (Å²) in [6, 6.07) is 12.9. The number of nitrogens with zero attached hydrogens (tertiary/aromatic N) is 3. The van der Waals surface area contributed by atoms with E-state index in [-0.39, 0.29) is 17.2 Å². The maximum atomic E-state index is 12.2. The minimum atomic E-state index is -0.756. The zero-order valence-electron chi connectivity index (χ0n) is 16.0. The maximum absolute atomic E-state index is 12.2. The van der Waals surface area contributed by atoms with Crippen LogP contribution in [-0.2, 0) is 0 Å². The Kier molecular flexibility index (Phi) is 6.58. The Morgan fingerprint density at radius 2 is 1.52 bits per heavy atom. The number of hydrazine groups is 2. The Morgan fingerprint density at radius 3 is 2.06 bits per heavy atom. The first-order valence-electron chi connectivity index (χ1n) is 8.79. The summed E-state index contributed by atoms with van der Waals surface area (Å²) in [6.45, 7) is 1.88. The van der Waals surface area contributed by atoms with E-state index >= 15 is 0 Å². The smallest absolute Gasteiger partial charge is 0.276 e. The van der Waals surface area contributed by atoms with E-state index in [1.807, 2.05) is 6.92 Å². The Morgan fingerprint density at radius 1 is 0.935 bits per heavy atom. The van der Waals surface area contributed by atoms with Crippen LogP contribution in [0, 0.1) is 17.0 Å². The topological polar surface area (TPSA) is 151 Å². The minimum Gasteiger partial charge on any atom is -0.276 e. The van der Waals surface area contributed by atoms with Crippen LogP contribution in [0.5, 0.6) is 0 Å². The number of nitro groups is 1. The standard InChI is InChI=1S/C19H16ClN7O4/c1-11-5-7-12(8-6-11)18(28)25-23-16-15(27(30)31)17(22-10-21-16)24-26-19(29)13-3-2-4-14(20)9-13/h2-10H,1H3,(H,25,28)(H,26,29)(H2,21,22,23,24). The van der Waals surface area contributed by atoms with Crippen molar-refractivity contribution in [2.75, 3.05) is 10.9 Å². The highest BCUT2D eigenvalue weighted by Gasteiger charge is 2.24. The summed E-state index contributed by atoms with van der Waals surface area (Å²) in [5.74, 6) is -1.67. The first-order chi connectivity index (χ1) is 14.8. The molecule has 0 aliphatic rings. The highest BCUT2D eigenvalue weighted by atomic mass is 35.5. The number of nitrogens with one attached hydrogen (secondary N) is 4. The number of hydrogen-bond donors (Lipinski definition) is 4. The molecule has 12 heteroatoms. The molecule has 0 saturated carbocycles. The van der Waals surface area contributed by atoms with Crippen molar-refractivity contribution < 1.29 is 14.5 Å². The lowest BCUT2D eigenvalue weighted by molar-refractivity contribution is -0.383. The van der Waals surface area contributed by atoms with Crippen molar-refractivity contribution in [1.29, 1.82) is 0 Å². The maximum Gasteiger partial charge on any atom is 0.356 e. The predicted molar refractivity (Wildman–Crippen MR) is 113 cm³/mol. The van der Waals surface area contributed by atoms with Crippen LogP contribution < -0.4 is 21.7 Å². The number of carbonyl (C=O) groups is 2. The van der Waals surface area contributed by atoms with Crippen LogP contribution in [0.3, 0.4) is 0 Å². The second-order valence-electron chi connectivity index (χ2n) is 6.21. The van der Waals surface area contributed by atoms with Crippen molar-refractivity contribution in [3.63, 3.8) is 0 Å². The molecule has 31 heavy (non-hydrogen) atoms. The van der Waals surface area contributed by atoms with Gasteiger partial charge in [-0.05, 0) is 37.3 Å². The molecule has 0 fully saturated rings. The summed E-state index contributed by atoms with van der Waals surface area (Å²) in [4.78, 5) is 42.8. The minimum absolute atomic E-state index is 0.236. The lowest BCUT2D eigenvalue weighted by Crippen LogP contribution is -2.32. The summed E-state index contributed by atoms with van der Waals surface area (Å²) >= 11 is 5.85. The number of anilines is 2. The highest BCUT2D eigenvalue weighted by molar-refractivity contribution is 6.30. The van der Waals surface area contributed by atoms with Gasteiger partial charge in [0.25, 0.3) is 11.8 Å². The Hall–Kier alpha value is -4.25. The number of hydrogen-bond acceptors (Lipinski definition) is 8. The number of halogens is 1. The second kappa shape index (κ2) is 9.50. The van der Waals surface area contributed by atoms with E-state index < -0.39 is 22.4 Å². The molecule has 2 aromatic carbocycles. The number of amides is 2. The largest absolute Gasteiger partial charge is 0.356 e. The van der Waals surface area contributed by atoms with Gasteiger partial charge in [-0.3, -0.25) is 41.4 Å². The van der Waals surface area contributed by atoms with Crippen molar-refractivity contribution in [1.82, 2.24) is 20.8 Å². The monoisotopic (exact) mass is 441 g/mol. The van der Waals surface area contributed by atoms with Crippen LogP contribution in [0.4, 0.5) is 17.3 Å². The lowest BCUT2D eigenvalue weighted by Gasteiger charge is -2.11. The third kappa shape index (κ3) is 5.42. The van der Waals surface area contributed by atoms with Gasteiger partial charge in [0.15, 0.2) is 0 Å². The van der Waals surface area contributed by atoms with Gasteiger partial charge in [-0.25, -0.2) is 9.97 Å². The van der Waals surface area contributed by atoms with Gasteiger partial charge in [0.05, 0.1) is 4.92 Å². The van der Waals surface area contributed by atoms with E-state index in [4.69, 9.17) is 11.6 Å². The van der Waals surface area contributed by atoms with E-state index in [2.05, 4.69) is 31.7 Å².